The van der Waals surface area contributed by atoms with Gasteiger partial charge in [0.1, 0.15) is 17.2 Å². The van der Waals surface area contributed by atoms with Crippen LogP contribution in [0.15, 0.2) is 72.2 Å². The molecule has 4 aromatic rings. The molecule has 4 rings (SSSR count). The number of aromatic nitrogens is 1. The van der Waals surface area contributed by atoms with Gasteiger partial charge in [-0.3, -0.25) is 0 Å². The van der Waals surface area contributed by atoms with E-state index in [1.54, 1.807) is 18.4 Å². The molecule has 0 aliphatic heterocycles. The highest BCUT2D eigenvalue weighted by molar-refractivity contribution is 7.09. The zero-order valence-corrected chi connectivity index (χ0v) is 18.9. The molecule has 0 saturated carbocycles. The second-order valence-corrected chi connectivity index (χ2v) is 8.18. The summed E-state index contributed by atoms with van der Waals surface area (Å²) in [7, 11) is 1.73. The van der Waals surface area contributed by atoms with E-state index in [-0.39, 0.29) is 0 Å². The van der Waals surface area contributed by atoms with E-state index >= 15 is 0 Å². The molecule has 1 atom stereocenters. The lowest BCUT2D eigenvalue weighted by molar-refractivity contribution is 0.0182. The first kappa shape index (κ1) is 21.3. The van der Waals surface area contributed by atoms with Crippen LogP contribution in [-0.2, 0) is 16.9 Å². The minimum Gasteiger partial charge on any atom is -0.490 e. The molecule has 0 bridgehead atoms. The van der Waals surface area contributed by atoms with Gasteiger partial charge >= 0.3 is 0 Å². The standard InChI is InChI=1S/C26H27NO3S/c1-4-26(28-3,25-27-14-15-31-25)22-12-13-23(24(17-22)29-5-2)30-18-19-10-11-20-8-6-7-9-21(20)16-19/h6-17H,4-5,18H2,1-3H3. The van der Waals surface area contributed by atoms with Gasteiger partial charge in [-0.25, -0.2) is 4.98 Å². The van der Waals surface area contributed by atoms with Crippen molar-refractivity contribution in [3.63, 3.8) is 0 Å². The van der Waals surface area contributed by atoms with Crippen molar-refractivity contribution < 1.29 is 14.2 Å². The molecule has 0 radical (unpaired) electrons. The van der Waals surface area contributed by atoms with Gasteiger partial charge < -0.3 is 14.2 Å². The van der Waals surface area contributed by atoms with Crippen molar-refractivity contribution in [2.75, 3.05) is 13.7 Å². The van der Waals surface area contributed by atoms with Crippen LogP contribution in [0.3, 0.4) is 0 Å². The predicted molar refractivity (Wildman–Crippen MR) is 126 cm³/mol. The number of fused-ring (bicyclic) bond motifs is 1. The first-order chi connectivity index (χ1) is 15.2. The Kier molecular flexibility index (Phi) is 6.54. The highest BCUT2D eigenvalue weighted by Crippen LogP contribution is 2.41. The zero-order valence-electron chi connectivity index (χ0n) is 18.1. The molecule has 0 saturated heterocycles. The van der Waals surface area contributed by atoms with Gasteiger partial charge in [-0.1, -0.05) is 49.4 Å². The van der Waals surface area contributed by atoms with E-state index in [1.165, 1.54) is 10.8 Å². The Balaban J connectivity index is 1.62. The van der Waals surface area contributed by atoms with Gasteiger partial charge in [-0.05, 0) is 53.4 Å². The van der Waals surface area contributed by atoms with E-state index in [1.807, 2.05) is 36.7 Å². The first-order valence-corrected chi connectivity index (χ1v) is 11.4. The average molecular weight is 434 g/mol. The third-order valence-corrected chi connectivity index (χ3v) is 6.46. The topological polar surface area (TPSA) is 40.6 Å². The second-order valence-electron chi connectivity index (χ2n) is 7.29. The number of hydrogen-bond acceptors (Lipinski definition) is 5. The molecule has 0 fully saturated rings. The number of benzene rings is 3. The minimum absolute atomic E-state index is 0.472. The molecule has 1 unspecified atom stereocenters. The molecule has 0 spiro atoms. The largest absolute Gasteiger partial charge is 0.490 e. The second kappa shape index (κ2) is 9.50. The van der Waals surface area contributed by atoms with Crippen LogP contribution in [0.2, 0.25) is 0 Å². The number of hydrogen-bond donors (Lipinski definition) is 0. The predicted octanol–water partition coefficient (Wildman–Crippen LogP) is 6.57. The van der Waals surface area contributed by atoms with Crippen LogP contribution >= 0.6 is 11.3 Å². The Morgan fingerprint density at radius 1 is 0.903 bits per heavy atom. The molecule has 0 N–H and O–H groups in total. The van der Waals surface area contributed by atoms with Crippen LogP contribution in [0.4, 0.5) is 0 Å². The highest BCUT2D eigenvalue weighted by Gasteiger charge is 2.36. The summed E-state index contributed by atoms with van der Waals surface area (Å²) in [6.07, 6.45) is 2.58. The normalized spacial score (nSPS) is 13.1. The lowest BCUT2D eigenvalue weighted by Gasteiger charge is -2.30. The van der Waals surface area contributed by atoms with Crippen molar-refractivity contribution in [3.05, 3.63) is 88.4 Å². The number of thiazole rings is 1. The van der Waals surface area contributed by atoms with E-state index < -0.39 is 5.60 Å². The van der Waals surface area contributed by atoms with Crippen LogP contribution in [0.25, 0.3) is 10.8 Å². The Labute approximate surface area is 187 Å². The average Bonchev–Trinajstić information content (AvgIpc) is 3.35. The summed E-state index contributed by atoms with van der Waals surface area (Å²) < 4.78 is 18.1. The fraction of sp³-hybridized carbons (Fsp3) is 0.269. The number of ether oxygens (including phenoxy) is 3. The van der Waals surface area contributed by atoms with E-state index in [0.717, 1.165) is 28.3 Å². The van der Waals surface area contributed by atoms with Crippen LogP contribution in [-0.4, -0.2) is 18.7 Å². The molecule has 4 nitrogen and oxygen atoms in total. The van der Waals surface area contributed by atoms with Gasteiger partial charge in [0, 0.05) is 18.7 Å². The van der Waals surface area contributed by atoms with E-state index in [0.29, 0.717) is 19.0 Å². The van der Waals surface area contributed by atoms with Crippen LogP contribution < -0.4 is 9.47 Å². The molecule has 3 aromatic carbocycles. The zero-order chi connectivity index (χ0) is 21.7. The van der Waals surface area contributed by atoms with Gasteiger partial charge in [0.15, 0.2) is 11.5 Å². The molecular formula is C26H27NO3S. The molecule has 31 heavy (non-hydrogen) atoms. The maximum absolute atomic E-state index is 6.17. The van der Waals surface area contributed by atoms with Crippen molar-refractivity contribution >= 4 is 22.1 Å². The van der Waals surface area contributed by atoms with Crippen molar-refractivity contribution in [1.82, 2.24) is 4.98 Å². The summed E-state index contributed by atoms with van der Waals surface area (Å²) in [6.45, 7) is 5.11. The Morgan fingerprint density at radius 3 is 2.45 bits per heavy atom. The number of methoxy groups -OCH3 is 1. The highest BCUT2D eigenvalue weighted by atomic mass is 32.1. The molecule has 5 heteroatoms. The first-order valence-electron chi connectivity index (χ1n) is 10.5. The Morgan fingerprint density at radius 2 is 1.74 bits per heavy atom. The SMILES string of the molecule is CCOc1cc(C(CC)(OC)c2nccs2)ccc1OCc1ccc2ccccc2c1. The molecule has 0 amide bonds. The summed E-state index contributed by atoms with van der Waals surface area (Å²) in [5.41, 5.74) is 1.53. The van der Waals surface area contributed by atoms with Gasteiger partial charge in [0.25, 0.3) is 0 Å². The molecule has 1 heterocycles. The summed E-state index contributed by atoms with van der Waals surface area (Å²) in [5.74, 6) is 1.44. The van der Waals surface area contributed by atoms with E-state index in [4.69, 9.17) is 14.2 Å². The minimum atomic E-state index is -0.600. The number of nitrogens with zero attached hydrogens (tertiary/aromatic N) is 1. The lowest BCUT2D eigenvalue weighted by atomic mass is 9.91. The van der Waals surface area contributed by atoms with Crippen LogP contribution in [0.5, 0.6) is 11.5 Å². The molecular weight excluding hydrogens is 406 g/mol. The molecule has 160 valence electrons. The summed E-state index contributed by atoms with van der Waals surface area (Å²) >= 11 is 1.60. The van der Waals surface area contributed by atoms with Crippen molar-refractivity contribution in [3.8, 4) is 11.5 Å². The van der Waals surface area contributed by atoms with Crippen molar-refractivity contribution in [1.29, 1.82) is 0 Å². The van der Waals surface area contributed by atoms with Gasteiger partial charge in [0.05, 0.1) is 6.61 Å². The summed E-state index contributed by atoms with van der Waals surface area (Å²) in [5, 5.41) is 5.34. The third-order valence-electron chi connectivity index (χ3n) is 5.54. The van der Waals surface area contributed by atoms with Gasteiger partial charge in [0.2, 0.25) is 0 Å². The van der Waals surface area contributed by atoms with Crippen molar-refractivity contribution in [2.24, 2.45) is 0 Å². The van der Waals surface area contributed by atoms with E-state index in [9.17, 15) is 0 Å². The van der Waals surface area contributed by atoms with Gasteiger partial charge in [-0.2, -0.15) is 0 Å². The van der Waals surface area contributed by atoms with Crippen LogP contribution in [0, 0.1) is 0 Å². The van der Waals surface area contributed by atoms with Gasteiger partial charge in [-0.15, -0.1) is 11.3 Å². The van der Waals surface area contributed by atoms with Crippen LogP contribution in [0.1, 0.15) is 36.4 Å². The lowest BCUT2D eigenvalue weighted by Crippen LogP contribution is -2.29. The fourth-order valence-electron chi connectivity index (χ4n) is 3.89. The fourth-order valence-corrected chi connectivity index (χ4v) is 4.80. The molecule has 0 aliphatic rings. The molecule has 1 aromatic heterocycles. The summed E-state index contributed by atoms with van der Waals surface area (Å²) in [4.78, 5) is 4.53. The third kappa shape index (κ3) is 4.29. The maximum atomic E-state index is 6.17. The monoisotopic (exact) mass is 433 g/mol. The summed E-state index contributed by atoms with van der Waals surface area (Å²) in [6, 6.07) is 20.8. The molecule has 0 aliphatic carbocycles. The Hall–Kier alpha value is -2.89. The smallest absolute Gasteiger partial charge is 0.161 e. The van der Waals surface area contributed by atoms with E-state index in [2.05, 4.69) is 54.4 Å². The maximum Gasteiger partial charge on any atom is 0.161 e. The van der Waals surface area contributed by atoms with Crippen molar-refractivity contribution in [2.45, 2.75) is 32.5 Å². The number of rotatable bonds is 9. The quantitative estimate of drug-likeness (QED) is 0.299. The Bertz CT molecular complexity index is 1140.